The first-order valence-electron chi connectivity index (χ1n) is 4.72. The van der Waals surface area contributed by atoms with E-state index >= 15 is 0 Å². The van der Waals surface area contributed by atoms with Crippen LogP contribution in [-0.4, -0.2) is 36.5 Å². The van der Waals surface area contributed by atoms with Crippen molar-refractivity contribution in [1.29, 1.82) is 0 Å². The van der Waals surface area contributed by atoms with Gasteiger partial charge in [0.15, 0.2) is 0 Å². The van der Waals surface area contributed by atoms with Crippen molar-refractivity contribution in [2.24, 2.45) is 4.99 Å². The standard InChI is InChI=1S/C10H21NO2S/c1-10(2,3)14(4,5)13-8-6-7-11-9-12/h6-8H2,1-5H3. The van der Waals surface area contributed by atoms with Gasteiger partial charge in [0.2, 0.25) is 6.08 Å². The number of hydrogen-bond donors (Lipinski definition) is 0. The molecule has 0 amide bonds. The van der Waals surface area contributed by atoms with Crippen LogP contribution < -0.4 is 0 Å². The zero-order chi connectivity index (χ0) is 11.2. The molecule has 0 bridgehead atoms. The van der Waals surface area contributed by atoms with Crippen molar-refractivity contribution in [2.45, 2.75) is 31.9 Å². The Kier molecular flexibility index (Phi) is 5.42. The predicted molar refractivity (Wildman–Crippen MR) is 62.7 cm³/mol. The summed E-state index contributed by atoms with van der Waals surface area (Å²) < 4.78 is 6.03. The Balaban J connectivity index is 3.83. The van der Waals surface area contributed by atoms with Crippen molar-refractivity contribution < 1.29 is 8.98 Å². The normalized spacial score (nSPS) is 13.5. The van der Waals surface area contributed by atoms with Gasteiger partial charge in [-0.2, -0.15) is 0 Å². The van der Waals surface area contributed by atoms with Gasteiger partial charge in [0.1, 0.15) is 0 Å². The molecule has 0 atom stereocenters. The average Bonchev–Trinajstić information content (AvgIpc) is 2.02. The molecule has 0 spiro atoms. The Labute approximate surface area is 88.5 Å². The van der Waals surface area contributed by atoms with Crippen molar-refractivity contribution in [3.63, 3.8) is 0 Å². The van der Waals surface area contributed by atoms with Crippen molar-refractivity contribution in [3.8, 4) is 0 Å². The van der Waals surface area contributed by atoms with E-state index in [-0.39, 0.29) is 4.75 Å². The highest BCUT2D eigenvalue weighted by Crippen LogP contribution is 2.53. The molecule has 0 aliphatic rings. The van der Waals surface area contributed by atoms with E-state index < -0.39 is 10.3 Å². The lowest BCUT2D eigenvalue weighted by molar-refractivity contribution is 0.344. The van der Waals surface area contributed by atoms with E-state index in [9.17, 15) is 4.79 Å². The summed E-state index contributed by atoms with van der Waals surface area (Å²) in [5.41, 5.74) is 0. The van der Waals surface area contributed by atoms with Gasteiger partial charge in [-0.15, -0.1) is 10.3 Å². The molecule has 14 heavy (non-hydrogen) atoms. The van der Waals surface area contributed by atoms with Crippen LogP contribution in [0.4, 0.5) is 0 Å². The third-order valence-electron chi connectivity index (χ3n) is 2.33. The van der Waals surface area contributed by atoms with Crippen molar-refractivity contribution in [3.05, 3.63) is 0 Å². The van der Waals surface area contributed by atoms with Crippen LogP contribution in [0.3, 0.4) is 0 Å². The van der Waals surface area contributed by atoms with E-state index in [4.69, 9.17) is 4.18 Å². The summed E-state index contributed by atoms with van der Waals surface area (Å²) in [7, 11) is -1.03. The second-order valence-corrected chi connectivity index (χ2v) is 8.42. The van der Waals surface area contributed by atoms with Gasteiger partial charge < -0.3 is 4.18 Å². The zero-order valence-electron chi connectivity index (χ0n) is 9.79. The van der Waals surface area contributed by atoms with Gasteiger partial charge in [0.25, 0.3) is 0 Å². The molecule has 0 aliphatic heterocycles. The minimum atomic E-state index is -1.03. The van der Waals surface area contributed by atoms with Gasteiger partial charge in [-0.25, -0.2) is 9.79 Å². The first-order valence-corrected chi connectivity index (χ1v) is 7.09. The van der Waals surface area contributed by atoms with E-state index in [1.54, 1.807) is 0 Å². The highest BCUT2D eigenvalue weighted by Gasteiger charge is 2.28. The monoisotopic (exact) mass is 219 g/mol. The second-order valence-electron chi connectivity index (χ2n) is 4.49. The van der Waals surface area contributed by atoms with Gasteiger partial charge in [-0.05, 0) is 18.9 Å². The van der Waals surface area contributed by atoms with Gasteiger partial charge in [-0.1, -0.05) is 20.8 Å². The van der Waals surface area contributed by atoms with Gasteiger partial charge in [0.05, 0.1) is 13.2 Å². The minimum absolute atomic E-state index is 0.195. The molecule has 0 aromatic heterocycles. The number of aliphatic imine (C=N–C) groups is 1. The third kappa shape index (κ3) is 4.80. The molecule has 3 nitrogen and oxygen atoms in total. The van der Waals surface area contributed by atoms with E-state index in [0.29, 0.717) is 13.2 Å². The maximum Gasteiger partial charge on any atom is 0.234 e. The lowest BCUT2D eigenvalue weighted by Gasteiger charge is -2.43. The molecular weight excluding hydrogens is 198 g/mol. The fourth-order valence-electron chi connectivity index (χ4n) is 0.633. The van der Waals surface area contributed by atoms with Crippen molar-refractivity contribution >= 4 is 16.4 Å². The molecule has 0 unspecified atom stereocenters. The van der Waals surface area contributed by atoms with Crippen LogP contribution in [0, 0.1) is 0 Å². The van der Waals surface area contributed by atoms with Crippen LogP contribution >= 0.6 is 10.3 Å². The van der Waals surface area contributed by atoms with Gasteiger partial charge >= 0.3 is 0 Å². The Hall–Kier alpha value is -0.310. The molecule has 0 fully saturated rings. The first-order chi connectivity index (χ1) is 6.31. The molecule has 0 aromatic carbocycles. The first kappa shape index (κ1) is 13.7. The van der Waals surface area contributed by atoms with E-state index in [0.717, 1.165) is 6.42 Å². The Morgan fingerprint density at radius 1 is 1.36 bits per heavy atom. The number of isocyanates is 1. The molecule has 0 rings (SSSR count). The third-order valence-corrected chi connectivity index (χ3v) is 6.04. The molecule has 4 heteroatoms. The average molecular weight is 219 g/mol. The zero-order valence-corrected chi connectivity index (χ0v) is 10.6. The molecule has 0 heterocycles. The summed E-state index contributed by atoms with van der Waals surface area (Å²) in [6, 6.07) is 0. The fourth-order valence-corrected chi connectivity index (χ4v) is 1.52. The molecular formula is C10H21NO2S. The SMILES string of the molecule is CC(C)(C)S(C)(C)OCCCN=C=O. The Morgan fingerprint density at radius 3 is 2.36 bits per heavy atom. The van der Waals surface area contributed by atoms with E-state index in [1.807, 2.05) is 0 Å². The maximum atomic E-state index is 9.80. The predicted octanol–water partition coefficient (Wildman–Crippen LogP) is 2.51. The van der Waals surface area contributed by atoms with Gasteiger partial charge in [0, 0.05) is 4.75 Å². The number of hydrogen-bond acceptors (Lipinski definition) is 3. The molecule has 84 valence electrons. The molecule has 0 aliphatic carbocycles. The summed E-state index contributed by atoms with van der Waals surface area (Å²) >= 11 is 0. The van der Waals surface area contributed by atoms with Crippen LogP contribution in [0.15, 0.2) is 4.99 Å². The molecule has 0 radical (unpaired) electrons. The fraction of sp³-hybridized carbons (Fsp3) is 0.900. The minimum Gasteiger partial charge on any atom is -0.337 e. The van der Waals surface area contributed by atoms with Crippen LogP contribution in [0.25, 0.3) is 0 Å². The summed E-state index contributed by atoms with van der Waals surface area (Å²) in [6.45, 7) is 7.75. The van der Waals surface area contributed by atoms with Crippen LogP contribution in [0.1, 0.15) is 27.2 Å². The Bertz CT molecular complexity index is 215. The quantitative estimate of drug-likeness (QED) is 0.405. The largest absolute Gasteiger partial charge is 0.337 e. The maximum absolute atomic E-state index is 9.80. The smallest absolute Gasteiger partial charge is 0.234 e. The molecule has 0 aromatic rings. The summed E-state index contributed by atoms with van der Waals surface area (Å²) in [5.74, 6) is 0. The lowest BCUT2D eigenvalue weighted by Crippen LogP contribution is -2.25. The van der Waals surface area contributed by atoms with Crippen LogP contribution in [0.2, 0.25) is 0 Å². The topological polar surface area (TPSA) is 38.7 Å². The highest BCUT2D eigenvalue weighted by atomic mass is 32.3. The molecule has 0 N–H and O–H groups in total. The summed E-state index contributed by atoms with van der Waals surface area (Å²) in [4.78, 5) is 13.3. The van der Waals surface area contributed by atoms with Crippen molar-refractivity contribution in [1.82, 2.24) is 0 Å². The summed E-state index contributed by atoms with van der Waals surface area (Å²) in [5, 5.41) is 0. The van der Waals surface area contributed by atoms with Crippen molar-refractivity contribution in [2.75, 3.05) is 25.7 Å². The lowest BCUT2D eigenvalue weighted by atomic mass is 10.3. The second kappa shape index (κ2) is 5.54. The van der Waals surface area contributed by atoms with E-state index in [1.165, 1.54) is 6.08 Å². The van der Waals surface area contributed by atoms with Gasteiger partial charge in [-0.3, -0.25) is 0 Å². The Morgan fingerprint density at radius 2 is 1.93 bits per heavy atom. The number of nitrogens with zero attached hydrogens (tertiary/aromatic N) is 1. The van der Waals surface area contributed by atoms with E-state index in [2.05, 4.69) is 38.3 Å². The molecule has 0 saturated heterocycles. The van der Waals surface area contributed by atoms with Crippen LogP contribution in [0.5, 0.6) is 0 Å². The molecule has 0 saturated carbocycles. The number of carbonyl (C=O) groups excluding carboxylic acids is 1. The highest BCUT2D eigenvalue weighted by molar-refractivity contribution is 8.29. The van der Waals surface area contributed by atoms with Crippen LogP contribution in [-0.2, 0) is 8.98 Å². The summed E-state index contributed by atoms with van der Waals surface area (Å²) in [6.07, 6.45) is 6.64. The number of rotatable bonds is 5.